The van der Waals surface area contributed by atoms with E-state index in [9.17, 15) is 4.79 Å². The zero-order valence-corrected chi connectivity index (χ0v) is 10.0. The standard InChI is InChI=1S/C11H10BrN3O/c12-9-4-3-8(10(13)6-9)7-15-11(16)2-1-5-14-15/h1-6H,7,13H2. The lowest BCUT2D eigenvalue weighted by atomic mass is 10.2. The molecule has 0 spiro atoms. The number of benzene rings is 1. The van der Waals surface area contributed by atoms with Gasteiger partial charge in [0.15, 0.2) is 0 Å². The van der Waals surface area contributed by atoms with Gasteiger partial charge >= 0.3 is 0 Å². The number of aromatic nitrogens is 2. The summed E-state index contributed by atoms with van der Waals surface area (Å²) in [5, 5.41) is 3.97. The van der Waals surface area contributed by atoms with E-state index >= 15 is 0 Å². The van der Waals surface area contributed by atoms with Crippen LogP contribution in [-0.4, -0.2) is 9.78 Å². The van der Waals surface area contributed by atoms with Gasteiger partial charge in [0, 0.05) is 22.4 Å². The van der Waals surface area contributed by atoms with E-state index in [0.717, 1.165) is 10.0 Å². The normalized spacial score (nSPS) is 10.3. The first-order valence-electron chi connectivity index (χ1n) is 4.73. The third-order valence-corrected chi connectivity index (χ3v) is 2.71. The highest BCUT2D eigenvalue weighted by Crippen LogP contribution is 2.18. The molecule has 2 N–H and O–H groups in total. The van der Waals surface area contributed by atoms with Crippen molar-refractivity contribution in [2.45, 2.75) is 6.54 Å². The van der Waals surface area contributed by atoms with Crippen LogP contribution in [0.1, 0.15) is 5.56 Å². The van der Waals surface area contributed by atoms with Gasteiger partial charge < -0.3 is 5.73 Å². The monoisotopic (exact) mass is 279 g/mol. The molecule has 82 valence electrons. The van der Waals surface area contributed by atoms with Crippen LogP contribution < -0.4 is 11.3 Å². The van der Waals surface area contributed by atoms with Crippen LogP contribution in [0, 0.1) is 0 Å². The van der Waals surface area contributed by atoms with E-state index in [2.05, 4.69) is 21.0 Å². The second-order valence-electron chi connectivity index (χ2n) is 3.36. The first-order chi connectivity index (χ1) is 7.66. The molecular weight excluding hydrogens is 270 g/mol. The Labute approximate surface area is 101 Å². The highest BCUT2D eigenvalue weighted by molar-refractivity contribution is 9.10. The van der Waals surface area contributed by atoms with Crippen LogP contribution in [0.15, 0.2) is 45.8 Å². The molecule has 0 aliphatic heterocycles. The summed E-state index contributed by atoms with van der Waals surface area (Å²) in [6, 6.07) is 8.66. The molecule has 2 aromatic rings. The minimum absolute atomic E-state index is 0.134. The number of rotatable bonds is 2. The molecule has 0 bridgehead atoms. The van der Waals surface area contributed by atoms with Gasteiger partial charge in [-0.25, -0.2) is 4.68 Å². The molecular formula is C11H10BrN3O. The Morgan fingerprint density at radius 3 is 2.88 bits per heavy atom. The van der Waals surface area contributed by atoms with Crippen molar-refractivity contribution in [2.75, 3.05) is 5.73 Å². The van der Waals surface area contributed by atoms with Crippen molar-refractivity contribution in [1.82, 2.24) is 9.78 Å². The lowest BCUT2D eigenvalue weighted by Gasteiger charge is -2.07. The predicted molar refractivity (Wildman–Crippen MR) is 66.2 cm³/mol. The number of nitrogens with two attached hydrogens (primary N) is 1. The molecule has 0 unspecified atom stereocenters. The number of halogens is 1. The zero-order valence-electron chi connectivity index (χ0n) is 8.43. The maximum Gasteiger partial charge on any atom is 0.267 e. The molecule has 0 radical (unpaired) electrons. The molecule has 4 nitrogen and oxygen atoms in total. The first-order valence-corrected chi connectivity index (χ1v) is 5.52. The van der Waals surface area contributed by atoms with E-state index < -0.39 is 0 Å². The number of nitrogens with zero attached hydrogens (tertiary/aromatic N) is 2. The Hall–Kier alpha value is -1.62. The molecule has 1 aromatic heterocycles. The SMILES string of the molecule is Nc1cc(Br)ccc1Cn1ncccc1=O. The fourth-order valence-corrected chi connectivity index (χ4v) is 1.76. The van der Waals surface area contributed by atoms with Crippen LogP contribution >= 0.6 is 15.9 Å². The minimum Gasteiger partial charge on any atom is -0.398 e. The molecule has 0 aliphatic rings. The van der Waals surface area contributed by atoms with Gasteiger partial charge in [0.1, 0.15) is 0 Å². The van der Waals surface area contributed by atoms with Crippen molar-refractivity contribution < 1.29 is 0 Å². The summed E-state index contributed by atoms with van der Waals surface area (Å²) in [6.07, 6.45) is 1.58. The molecule has 0 fully saturated rings. The van der Waals surface area contributed by atoms with Crippen molar-refractivity contribution in [3.63, 3.8) is 0 Å². The molecule has 0 atom stereocenters. The molecule has 0 amide bonds. The Balaban J connectivity index is 2.35. The van der Waals surface area contributed by atoms with Crippen LogP contribution in [0.3, 0.4) is 0 Å². The summed E-state index contributed by atoms with van der Waals surface area (Å²) in [6.45, 7) is 0.388. The van der Waals surface area contributed by atoms with Crippen LogP contribution in [0.5, 0.6) is 0 Å². The summed E-state index contributed by atoms with van der Waals surface area (Å²) in [7, 11) is 0. The van der Waals surface area contributed by atoms with Crippen LogP contribution in [-0.2, 0) is 6.54 Å². The lowest BCUT2D eigenvalue weighted by Crippen LogP contribution is -2.22. The van der Waals surface area contributed by atoms with Crippen molar-refractivity contribution in [3.8, 4) is 0 Å². The van der Waals surface area contributed by atoms with Gasteiger partial charge in [0.2, 0.25) is 0 Å². The van der Waals surface area contributed by atoms with Gasteiger partial charge in [0.05, 0.1) is 6.54 Å². The van der Waals surface area contributed by atoms with E-state index in [-0.39, 0.29) is 5.56 Å². The third-order valence-electron chi connectivity index (χ3n) is 2.21. The Morgan fingerprint density at radius 1 is 1.38 bits per heavy atom. The van der Waals surface area contributed by atoms with Gasteiger partial charge in [-0.1, -0.05) is 22.0 Å². The van der Waals surface area contributed by atoms with Crippen molar-refractivity contribution in [1.29, 1.82) is 0 Å². The number of hydrogen-bond donors (Lipinski definition) is 1. The van der Waals surface area contributed by atoms with Crippen molar-refractivity contribution in [3.05, 3.63) is 56.9 Å². The maximum atomic E-state index is 11.5. The fraction of sp³-hybridized carbons (Fsp3) is 0.0909. The van der Waals surface area contributed by atoms with Gasteiger partial charge in [-0.15, -0.1) is 0 Å². The summed E-state index contributed by atoms with van der Waals surface area (Å²) in [5.74, 6) is 0. The molecule has 0 saturated heterocycles. The highest BCUT2D eigenvalue weighted by Gasteiger charge is 2.02. The second kappa shape index (κ2) is 4.49. The van der Waals surface area contributed by atoms with Gasteiger partial charge in [-0.05, 0) is 23.8 Å². The van der Waals surface area contributed by atoms with Gasteiger partial charge in [0.25, 0.3) is 5.56 Å². The van der Waals surface area contributed by atoms with Crippen LogP contribution in [0.25, 0.3) is 0 Å². The van der Waals surface area contributed by atoms with E-state index in [1.807, 2.05) is 18.2 Å². The first kappa shape index (κ1) is 10.9. The number of hydrogen-bond acceptors (Lipinski definition) is 3. The maximum absolute atomic E-state index is 11.5. The molecule has 2 rings (SSSR count). The van der Waals surface area contributed by atoms with Crippen LogP contribution in [0.2, 0.25) is 0 Å². The smallest absolute Gasteiger partial charge is 0.267 e. The van der Waals surface area contributed by atoms with Gasteiger partial charge in [-0.3, -0.25) is 4.79 Å². The Morgan fingerprint density at radius 2 is 2.19 bits per heavy atom. The Kier molecular flexibility index (Phi) is 3.05. The largest absolute Gasteiger partial charge is 0.398 e. The third kappa shape index (κ3) is 2.30. The minimum atomic E-state index is -0.134. The fourth-order valence-electron chi connectivity index (χ4n) is 1.38. The van der Waals surface area contributed by atoms with Crippen molar-refractivity contribution >= 4 is 21.6 Å². The quantitative estimate of drug-likeness (QED) is 0.851. The molecule has 5 heteroatoms. The number of anilines is 1. The summed E-state index contributed by atoms with van der Waals surface area (Å²) in [5.41, 5.74) is 7.24. The van der Waals surface area contributed by atoms with E-state index in [1.165, 1.54) is 10.7 Å². The van der Waals surface area contributed by atoms with Crippen LogP contribution in [0.4, 0.5) is 5.69 Å². The highest BCUT2D eigenvalue weighted by atomic mass is 79.9. The second-order valence-corrected chi connectivity index (χ2v) is 4.28. The molecule has 16 heavy (non-hydrogen) atoms. The van der Waals surface area contributed by atoms with Gasteiger partial charge in [-0.2, -0.15) is 5.10 Å². The van der Waals surface area contributed by atoms with E-state index in [0.29, 0.717) is 12.2 Å². The average molecular weight is 280 g/mol. The summed E-state index contributed by atoms with van der Waals surface area (Å²) >= 11 is 3.33. The number of nitrogen functional groups attached to an aromatic ring is 1. The molecule has 1 aromatic carbocycles. The predicted octanol–water partition coefficient (Wildman–Crippen LogP) is 1.64. The molecule has 0 aliphatic carbocycles. The molecule has 0 saturated carbocycles. The zero-order chi connectivity index (χ0) is 11.5. The summed E-state index contributed by atoms with van der Waals surface area (Å²) in [4.78, 5) is 11.5. The Bertz CT molecular complexity index is 565. The average Bonchev–Trinajstić information content (AvgIpc) is 2.25. The van der Waals surface area contributed by atoms with Crippen molar-refractivity contribution in [2.24, 2.45) is 0 Å². The molecule has 1 heterocycles. The lowest BCUT2D eigenvalue weighted by molar-refractivity contribution is 0.640. The van der Waals surface area contributed by atoms with E-state index in [1.54, 1.807) is 12.3 Å². The summed E-state index contributed by atoms with van der Waals surface area (Å²) < 4.78 is 2.29. The van der Waals surface area contributed by atoms with E-state index in [4.69, 9.17) is 5.73 Å². The topological polar surface area (TPSA) is 60.9 Å².